The number of piperidine rings is 1. The van der Waals surface area contributed by atoms with Crippen LogP contribution in [0.5, 0.6) is 0 Å². The smallest absolute Gasteiger partial charge is 0.326 e. The highest BCUT2D eigenvalue weighted by Gasteiger charge is 2.32. The van der Waals surface area contributed by atoms with Crippen LogP contribution < -0.4 is 16.4 Å². The van der Waals surface area contributed by atoms with Crippen LogP contribution in [0, 0.1) is 6.92 Å². The first-order chi connectivity index (χ1) is 16.7. The van der Waals surface area contributed by atoms with Gasteiger partial charge in [0, 0.05) is 37.8 Å². The van der Waals surface area contributed by atoms with Crippen LogP contribution in [-0.2, 0) is 17.6 Å². The van der Waals surface area contributed by atoms with Gasteiger partial charge in [-0.25, -0.2) is 14.4 Å². The number of nitrogens with two attached hydrogens (primary N) is 1. The van der Waals surface area contributed by atoms with E-state index in [2.05, 4.69) is 10.6 Å². The van der Waals surface area contributed by atoms with E-state index in [1.54, 1.807) is 24.0 Å². The number of urea groups is 2. The molecule has 5 N–H and O–H groups in total. The number of nitrogens with zero attached hydrogens (tertiary/aromatic N) is 2. The molecule has 2 aliphatic heterocycles. The van der Waals surface area contributed by atoms with Crippen molar-refractivity contribution in [3.05, 3.63) is 58.1 Å². The van der Waals surface area contributed by atoms with Gasteiger partial charge in [0.25, 0.3) is 0 Å². The summed E-state index contributed by atoms with van der Waals surface area (Å²) in [7, 11) is 0. The molecule has 2 heterocycles. The highest BCUT2D eigenvalue weighted by Crippen LogP contribution is 2.26. The van der Waals surface area contributed by atoms with Gasteiger partial charge in [-0.1, -0.05) is 35.9 Å². The third kappa shape index (κ3) is 5.62. The summed E-state index contributed by atoms with van der Waals surface area (Å²) in [6, 6.07) is 9.55. The summed E-state index contributed by atoms with van der Waals surface area (Å²) in [6.45, 7) is 3.29. The molecule has 1 atom stereocenters. The molecule has 0 bridgehead atoms. The highest BCUT2D eigenvalue weighted by molar-refractivity contribution is 6.33. The average molecular weight is 500 g/mol. The van der Waals surface area contributed by atoms with Crippen molar-refractivity contribution in [2.75, 3.05) is 30.7 Å². The van der Waals surface area contributed by atoms with Gasteiger partial charge in [0.2, 0.25) is 0 Å². The van der Waals surface area contributed by atoms with Crippen molar-refractivity contribution in [1.29, 1.82) is 0 Å². The number of nitrogen functional groups attached to an aromatic ring is 1. The summed E-state index contributed by atoms with van der Waals surface area (Å²) in [5.74, 6) is -1.13. The van der Waals surface area contributed by atoms with Crippen LogP contribution in [0.3, 0.4) is 0 Å². The molecule has 2 aromatic rings. The Labute approximate surface area is 209 Å². The SMILES string of the molecule is Cc1cc(CC(NC(=O)N2CCC(N3CCc4ccccc4NC3=O)CC2)C(=O)O)cc(Cl)c1N. The monoisotopic (exact) mass is 499 g/mol. The second kappa shape index (κ2) is 10.4. The van der Waals surface area contributed by atoms with Gasteiger partial charge in [-0.2, -0.15) is 0 Å². The molecule has 35 heavy (non-hydrogen) atoms. The minimum Gasteiger partial charge on any atom is -0.480 e. The lowest BCUT2D eigenvalue weighted by molar-refractivity contribution is -0.139. The normalized spacial score (nSPS) is 17.3. The number of likely N-dealkylation sites (tertiary alicyclic amines) is 1. The number of carbonyl (C=O) groups excluding carboxylic acids is 2. The van der Waals surface area contributed by atoms with Crippen molar-refractivity contribution < 1.29 is 19.5 Å². The predicted molar refractivity (Wildman–Crippen MR) is 135 cm³/mol. The van der Waals surface area contributed by atoms with Gasteiger partial charge in [0.15, 0.2) is 0 Å². The number of anilines is 2. The van der Waals surface area contributed by atoms with Gasteiger partial charge < -0.3 is 31.3 Å². The van der Waals surface area contributed by atoms with Gasteiger partial charge >= 0.3 is 18.0 Å². The second-order valence-corrected chi connectivity index (χ2v) is 9.51. The van der Waals surface area contributed by atoms with Crippen molar-refractivity contribution in [2.45, 2.75) is 44.7 Å². The number of benzene rings is 2. The van der Waals surface area contributed by atoms with Crippen molar-refractivity contribution in [2.24, 2.45) is 0 Å². The summed E-state index contributed by atoms with van der Waals surface area (Å²) in [5.41, 5.74) is 9.71. The maximum atomic E-state index is 12.9. The zero-order valence-electron chi connectivity index (χ0n) is 19.6. The standard InChI is InChI=1S/C25H30ClN5O4/c1-15-12-16(13-19(26)22(15)27)14-21(23(32)33)29-24(34)30-9-7-18(8-10-30)31-11-6-17-4-2-3-5-20(17)28-25(31)35/h2-5,12-13,18,21H,6-11,14,27H2,1H3,(H,28,35)(H,29,34)(H,32,33). The number of aliphatic carboxylic acids is 1. The Morgan fingerprint density at radius 3 is 2.63 bits per heavy atom. The average Bonchev–Trinajstić information content (AvgIpc) is 3.00. The summed E-state index contributed by atoms with van der Waals surface area (Å²) < 4.78 is 0. The van der Waals surface area contributed by atoms with E-state index >= 15 is 0 Å². The Bertz CT molecular complexity index is 1110. The first-order valence-electron chi connectivity index (χ1n) is 11.7. The second-order valence-electron chi connectivity index (χ2n) is 9.10. The lowest BCUT2D eigenvalue weighted by Gasteiger charge is -2.38. The van der Waals surface area contributed by atoms with E-state index in [1.807, 2.05) is 29.2 Å². The zero-order chi connectivity index (χ0) is 25.1. The molecule has 186 valence electrons. The molecule has 0 aliphatic carbocycles. The van der Waals surface area contributed by atoms with E-state index in [1.165, 1.54) is 0 Å². The van der Waals surface area contributed by atoms with Crippen molar-refractivity contribution in [1.82, 2.24) is 15.1 Å². The van der Waals surface area contributed by atoms with Crippen molar-refractivity contribution >= 4 is 41.0 Å². The predicted octanol–water partition coefficient (Wildman–Crippen LogP) is 3.49. The van der Waals surface area contributed by atoms with Crippen molar-refractivity contribution in [3.8, 4) is 0 Å². The number of aryl methyl sites for hydroxylation is 1. The molecule has 0 aromatic heterocycles. The van der Waals surface area contributed by atoms with Crippen LogP contribution in [0.4, 0.5) is 21.0 Å². The summed E-state index contributed by atoms with van der Waals surface area (Å²) in [5, 5.41) is 15.7. The number of hydrogen-bond acceptors (Lipinski definition) is 4. The summed E-state index contributed by atoms with van der Waals surface area (Å²) >= 11 is 6.13. The Hall–Kier alpha value is -3.46. The molecular weight excluding hydrogens is 470 g/mol. The maximum Gasteiger partial charge on any atom is 0.326 e. The molecule has 2 aliphatic rings. The number of amides is 4. The third-order valence-electron chi connectivity index (χ3n) is 6.77. The van der Waals surface area contributed by atoms with Crippen molar-refractivity contribution in [3.63, 3.8) is 0 Å². The Balaban J connectivity index is 1.33. The Morgan fingerprint density at radius 2 is 1.94 bits per heavy atom. The summed E-state index contributed by atoms with van der Waals surface area (Å²) in [4.78, 5) is 40.9. The van der Waals surface area contributed by atoms with Crippen LogP contribution in [-0.4, -0.2) is 64.7 Å². The molecule has 0 saturated carbocycles. The molecular formula is C25H30ClN5O4. The van der Waals surface area contributed by atoms with E-state index in [0.717, 1.165) is 23.2 Å². The van der Waals surface area contributed by atoms with Gasteiger partial charge in [-0.15, -0.1) is 0 Å². The van der Waals surface area contributed by atoms with Gasteiger partial charge in [0.05, 0.1) is 10.7 Å². The van der Waals surface area contributed by atoms with Gasteiger partial charge in [-0.3, -0.25) is 0 Å². The van der Waals surface area contributed by atoms with Gasteiger partial charge in [0.1, 0.15) is 6.04 Å². The number of halogens is 1. The number of fused-ring (bicyclic) bond motifs is 1. The largest absolute Gasteiger partial charge is 0.480 e. The van der Waals surface area contributed by atoms with E-state index in [0.29, 0.717) is 48.7 Å². The minimum atomic E-state index is -1.13. The maximum absolute atomic E-state index is 12.9. The first-order valence-corrected chi connectivity index (χ1v) is 12.1. The molecule has 1 unspecified atom stereocenters. The molecule has 0 spiro atoms. The van der Waals surface area contributed by atoms with E-state index in [4.69, 9.17) is 17.3 Å². The number of nitrogens with one attached hydrogen (secondary N) is 2. The summed E-state index contributed by atoms with van der Waals surface area (Å²) in [6.07, 6.45) is 2.11. The number of para-hydroxylation sites is 1. The first kappa shape index (κ1) is 24.7. The highest BCUT2D eigenvalue weighted by atomic mass is 35.5. The van der Waals surface area contributed by atoms with E-state index in [9.17, 15) is 19.5 Å². The zero-order valence-corrected chi connectivity index (χ0v) is 20.3. The number of hydrogen-bond donors (Lipinski definition) is 4. The molecule has 4 rings (SSSR count). The minimum absolute atomic E-state index is 0.0172. The quantitative estimate of drug-likeness (QED) is 0.468. The van der Waals surface area contributed by atoms with Crippen LogP contribution in [0.15, 0.2) is 36.4 Å². The fourth-order valence-electron chi connectivity index (χ4n) is 4.74. The number of carboxylic acid groups (broad SMARTS) is 1. The Kier molecular flexibility index (Phi) is 7.35. The van der Waals surface area contributed by atoms with Crippen LogP contribution >= 0.6 is 11.6 Å². The van der Waals surface area contributed by atoms with Crippen LogP contribution in [0.2, 0.25) is 5.02 Å². The molecule has 2 aromatic carbocycles. The van der Waals surface area contributed by atoms with Crippen LogP contribution in [0.25, 0.3) is 0 Å². The molecule has 9 nitrogen and oxygen atoms in total. The third-order valence-corrected chi connectivity index (χ3v) is 7.08. The molecule has 1 saturated heterocycles. The van der Waals surface area contributed by atoms with E-state index < -0.39 is 18.0 Å². The molecule has 0 radical (unpaired) electrons. The van der Waals surface area contributed by atoms with Crippen LogP contribution in [0.1, 0.15) is 29.5 Å². The Morgan fingerprint density at radius 1 is 1.23 bits per heavy atom. The lowest BCUT2D eigenvalue weighted by Crippen LogP contribution is -2.54. The van der Waals surface area contributed by atoms with Gasteiger partial charge in [-0.05, 0) is 55.0 Å². The molecule has 4 amide bonds. The fourth-order valence-corrected chi connectivity index (χ4v) is 5.03. The number of rotatable bonds is 5. The lowest BCUT2D eigenvalue weighted by atomic mass is 10.0. The number of carboxylic acids is 1. The number of carbonyl (C=O) groups is 3. The topological polar surface area (TPSA) is 128 Å². The van der Waals surface area contributed by atoms with E-state index in [-0.39, 0.29) is 18.5 Å². The fraction of sp³-hybridized carbons (Fsp3) is 0.400. The molecule has 10 heteroatoms. The molecule has 1 fully saturated rings.